The molecule has 1 N–H and O–H groups in total. The minimum Gasteiger partial charge on any atom is -0.494 e. The molecule has 0 saturated carbocycles. The first-order chi connectivity index (χ1) is 9.19. The van der Waals surface area contributed by atoms with Gasteiger partial charge in [-0.3, -0.25) is 0 Å². The van der Waals surface area contributed by atoms with Crippen molar-refractivity contribution >= 4 is 0 Å². The maximum atomic E-state index is 10.3. The molecule has 0 aliphatic carbocycles. The Morgan fingerprint density at radius 1 is 1.11 bits per heavy atom. The molecular formula is C17H20O2. The van der Waals surface area contributed by atoms with Gasteiger partial charge in [-0.15, -0.1) is 0 Å². The molecule has 2 nitrogen and oxygen atoms in total. The maximum absolute atomic E-state index is 10.3. The lowest BCUT2D eigenvalue weighted by Crippen LogP contribution is -2.02. The molecule has 2 rings (SSSR count). The van der Waals surface area contributed by atoms with Crippen LogP contribution in [0.4, 0.5) is 0 Å². The van der Waals surface area contributed by atoms with Gasteiger partial charge in [0, 0.05) is 6.42 Å². The van der Waals surface area contributed by atoms with E-state index in [1.165, 1.54) is 5.56 Å². The topological polar surface area (TPSA) is 29.5 Å². The zero-order valence-corrected chi connectivity index (χ0v) is 11.5. The van der Waals surface area contributed by atoms with Crippen LogP contribution >= 0.6 is 0 Å². The molecule has 0 aromatic heterocycles. The number of aryl methyl sites for hydroxylation is 1. The molecular weight excluding hydrogens is 236 g/mol. The van der Waals surface area contributed by atoms with E-state index in [-0.39, 0.29) is 0 Å². The van der Waals surface area contributed by atoms with Gasteiger partial charge in [0.15, 0.2) is 0 Å². The van der Waals surface area contributed by atoms with E-state index in [2.05, 4.69) is 19.1 Å². The minimum atomic E-state index is -0.498. The van der Waals surface area contributed by atoms with Crippen molar-refractivity contribution in [1.82, 2.24) is 0 Å². The lowest BCUT2D eigenvalue weighted by Gasteiger charge is -2.13. The number of benzene rings is 2. The van der Waals surface area contributed by atoms with Gasteiger partial charge in [-0.2, -0.15) is 0 Å². The van der Waals surface area contributed by atoms with Crippen molar-refractivity contribution in [2.75, 3.05) is 6.61 Å². The smallest absolute Gasteiger partial charge is 0.119 e. The van der Waals surface area contributed by atoms with Gasteiger partial charge in [0.1, 0.15) is 5.75 Å². The third-order valence-corrected chi connectivity index (χ3v) is 3.07. The second-order valence-electron chi connectivity index (χ2n) is 4.71. The second kappa shape index (κ2) is 6.39. The molecule has 0 spiro atoms. The van der Waals surface area contributed by atoms with Crippen LogP contribution in [0.5, 0.6) is 5.75 Å². The van der Waals surface area contributed by atoms with Crippen LogP contribution in [0.15, 0.2) is 48.5 Å². The van der Waals surface area contributed by atoms with Gasteiger partial charge in [0.05, 0.1) is 12.7 Å². The molecule has 1 unspecified atom stereocenters. The first-order valence-electron chi connectivity index (χ1n) is 6.65. The van der Waals surface area contributed by atoms with E-state index in [1.54, 1.807) is 0 Å². The molecule has 0 aliphatic rings. The summed E-state index contributed by atoms with van der Waals surface area (Å²) in [5.41, 5.74) is 3.26. The van der Waals surface area contributed by atoms with Crippen molar-refractivity contribution < 1.29 is 9.84 Å². The molecule has 0 radical (unpaired) electrons. The molecule has 0 heterocycles. The largest absolute Gasteiger partial charge is 0.494 e. The molecule has 0 amide bonds. The number of hydrogen-bond donors (Lipinski definition) is 1. The van der Waals surface area contributed by atoms with Crippen molar-refractivity contribution in [2.24, 2.45) is 0 Å². The molecule has 100 valence electrons. The lowest BCUT2D eigenvalue weighted by molar-refractivity contribution is 0.178. The van der Waals surface area contributed by atoms with Crippen LogP contribution in [-0.2, 0) is 6.42 Å². The maximum Gasteiger partial charge on any atom is 0.119 e. The fraction of sp³-hybridized carbons (Fsp3) is 0.294. The van der Waals surface area contributed by atoms with Gasteiger partial charge < -0.3 is 9.84 Å². The Hall–Kier alpha value is -1.80. The highest BCUT2D eigenvalue weighted by molar-refractivity contribution is 5.31. The number of rotatable bonds is 5. The van der Waals surface area contributed by atoms with Gasteiger partial charge in [0.2, 0.25) is 0 Å². The van der Waals surface area contributed by atoms with Crippen molar-refractivity contribution in [1.29, 1.82) is 0 Å². The fourth-order valence-electron chi connectivity index (χ4n) is 2.16. The average molecular weight is 256 g/mol. The molecule has 19 heavy (non-hydrogen) atoms. The van der Waals surface area contributed by atoms with Gasteiger partial charge >= 0.3 is 0 Å². The summed E-state index contributed by atoms with van der Waals surface area (Å²) in [5.74, 6) is 0.809. The van der Waals surface area contributed by atoms with Gasteiger partial charge in [0.25, 0.3) is 0 Å². The average Bonchev–Trinajstić information content (AvgIpc) is 2.39. The van der Waals surface area contributed by atoms with Crippen molar-refractivity contribution in [2.45, 2.75) is 26.4 Å². The van der Waals surface area contributed by atoms with Crippen LogP contribution in [-0.4, -0.2) is 11.7 Å². The first-order valence-corrected chi connectivity index (χ1v) is 6.65. The highest BCUT2D eigenvalue weighted by Crippen LogP contribution is 2.22. The number of aliphatic hydroxyl groups is 1. The van der Waals surface area contributed by atoms with Crippen molar-refractivity contribution in [3.63, 3.8) is 0 Å². The first kappa shape index (κ1) is 13.6. The Morgan fingerprint density at radius 2 is 1.89 bits per heavy atom. The predicted octanol–water partition coefficient (Wildman–Crippen LogP) is 3.67. The van der Waals surface area contributed by atoms with Crippen LogP contribution in [0.2, 0.25) is 0 Å². The van der Waals surface area contributed by atoms with E-state index >= 15 is 0 Å². The molecule has 0 saturated heterocycles. The highest BCUT2D eigenvalue weighted by atomic mass is 16.5. The summed E-state index contributed by atoms with van der Waals surface area (Å²) in [7, 11) is 0. The monoisotopic (exact) mass is 256 g/mol. The Bertz CT molecular complexity index is 534. The van der Waals surface area contributed by atoms with Crippen LogP contribution < -0.4 is 4.74 Å². The van der Waals surface area contributed by atoms with E-state index in [0.29, 0.717) is 13.0 Å². The number of ether oxygens (including phenoxy) is 1. The third kappa shape index (κ3) is 3.83. The lowest BCUT2D eigenvalue weighted by atomic mass is 10.00. The van der Waals surface area contributed by atoms with Crippen LogP contribution in [0.3, 0.4) is 0 Å². The van der Waals surface area contributed by atoms with Gasteiger partial charge in [-0.05, 0) is 37.1 Å². The van der Waals surface area contributed by atoms with Crippen LogP contribution in [0.25, 0.3) is 0 Å². The van der Waals surface area contributed by atoms with Crippen LogP contribution in [0.1, 0.15) is 29.7 Å². The summed E-state index contributed by atoms with van der Waals surface area (Å²) in [5, 5.41) is 10.3. The molecule has 0 aliphatic heterocycles. The molecule has 1 atom stereocenters. The van der Waals surface area contributed by atoms with E-state index < -0.39 is 6.10 Å². The van der Waals surface area contributed by atoms with E-state index in [9.17, 15) is 5.11 Å². The summed E-state index contributed by atoms with van der Waals surface area (Å²) in [6.45, 7) is 4.65. The predicted molar refractivity (Wildman–Crippen MR) is 77.5 cm³/mol. The molecule has 0 bridgehead atoms. The second-order valence-corrected chi connectivity index (χ2v) is 4.71. The molecule has 2 aromatic rings. The number of hydrogen-bond acceptors (Lipinski definition) is 2. The molecule has 0 fully saturated rings. The quantitative estimate of drug-likeness (QED) is 0.884. The summed E-state index contributed by atoms with van der Waals surface area (Å²) < 4.78 is 5.45. The standard InChI is InChI=1S/C17H20O2/c1-3-19-16-9-5-8-15(12-16)17(18)11-14-7-4-6-13(2)10-14/h4-10,12,17-18H,3,11H2,1-2H3. The summed E-state index contributed by atoms with van der Waals surface area (Å²) in [4.78, 5) is 0. The van der Waals surface area contributed by atoms with Crippen molar-refractivity contribution in [3.8, 4) is 5.75 Å². The summed E-state index contributed by atoms with van der Waals surface area (Å²) >= 11 is 0. The molecule has 2 aromatic carbocycles. The number of aliphatic hydroxyl groups excluding tert-OH is 1. The van der Waals surface area contributed by atoms with Crippen LogP contribution in [0, 0.1) is 6.92 Å². The molecule has 2 heteroatoms. The Labute approximate surface area is 114 Å². The van der Waals surface area contributed by atoms with E-state index in [4.69, 9.17) is 4.74 Å². The van der Waals surface area contributed by atoms with Gasteiger partial charge in [-0.25, -0.2) is 0 Å². The normalized spacial score (nSPS) is 12.2. The third-order valence-electron chi connectivity index (χ3n) is 3.07. The van der Waals surface area contributed by atoms with E-state index in [0.717, 1.165) is 16.9 Å². The highest BCUT2D eigenvalue weighted by Gasteiger charge is 2.09. The van der Waals surface area contributed by atoms with Crippen molar-refractivity contribution in [3.05, 3.63) is 65.2 Å². The summed E-state index contributed by atoms with van der Waals surface area (Å²) in [6, 6.07) is 15.9. The minimum absolute atomic E-state index is 0.498. The summed E-state index contributed by atoms with van der Waals surface area (Å²) in [6.07, 6.45) is 0.124. The SMILES string of the molecule is CCOc1cccc(C(O)Cc2cccc(C)c2)c1. The van der Waals surface area contributed by atoms with E-state index in [1.807, 2.05) is 43.3 Å². The zero-order chi connectivity index (χ0) is 13.7. The Kier molecular flexibility index (Phi) is 4.58. The zero-order valence-electron chi connectivity index (χ0n) is 11.5. The Morgan fingerprint density at radius 3 is 2.63 bits per heavy atom. The van der Waals surface area contributed by atoms with Gasteiger partial charge in [-0.1, -0.05) is 42.0 Å². The Balaban J connectivity index is 2.11. The fourth-order valence-corrected chi connectivity index (χ4v) is 2.16.